The number of phenolic OH excluding ortho intramolecular Hbond substituents is 1. The number of aromatic nitrogens is 2. The van der Waals surface area contributed by atoms with Crippen LogP contribution in [-0.4, -0.2) is 38.6 Å². The molecule has 0 fully saturated rings. The van der Waals surface area contributed by atoms with Gasteiger partial charge in [0.15, 0.2) is 0 Å². The minimum absolute atomic E-state index is 0.0557. The summed E-state index contributed by atoms with van der Waals surface area (Å²) in [5.74, 6) is 0.360. The lowest BCUT2D eigenvalue weighted by molar-refractivity contribution is -0.147. The Morgan fingerprint density at radius 1 is 1.03 bits per heavy atom. The smallest absolute Gasteiger partial charge is 0.309 e. The molecule has 0 bridgehead atoms. The van der Waals surface area contributed by atoms with Gasteiger partial charge < -0.3 is 19.1 Å². The van der Waals surface area contributed by atoms with Crippen LogP contribution >= 0.6 is 11.8 Å². The first-order valence-corrected chi connectivity index (χ1v) is 14.3. The van der Waals surface area contributed by atoms with Crippen molar-refractivity contribution in [2.45, 2.75) is 64.2 Å². The summed E-state index contributed by atoms with van der Waals surface area (Å²) in [5.41, 5.74) is 5.36. The minimum Gasteiger partial charge on any atom is -0.508 e. The van der Waals surface area contributed by atoms with Gasteiger partial charge in [-0.15, -0.1) is 11.8 Å². The fourth-order valence-corrected chi connectivity index (χ4v) is 5.79. The molecule has 1 N–H and O–H groups in total. The number of fused-ring (bicyclic) bond motifs is 1. The average molecular weight is 547 g/mol. The Morgan fingerprint density at radius 3 is 2.36 bits per heavy atom. The van der Waals surface area contributed by atoms with Crippen LogP contribution < -0.4 is 4.74 Å². The molecule has 39 heavy (non-hydrogen) atoms. The first-order chi connectivity index (χ1) is 18.6. The highest BCUT2D eigenvalue weighted by Crippen LogP contribution is 2.43. The number of hydrogen-bond donors (Lipinski definition) is 1. The number of hydrogen-bond acceptors (Lipinski definition) is 6. The summed E-state index contributed by atoms with van der Waals surface area (Å²) in [4.78, 5) is 18.1. The third kappa shape index (κ3) is 6.95. The maximum atomic E-state index is 12.6. The molecule has 0 aliphatic heterocycles. The Labute approximate surface area is 235 Å². The molecule has 4 aromatic rings. The SMILES string of the molecule is CCOC(=O)C(C)Cc1c(SC(C)(C)C)c2cc(O)ccc2n1Cc1ccc(-c2ccc(OCC)nc2)cc1. The van der Waals surface area contributed by atoms with Crippen molar-refractivity contribution in [3.05, 3.63) is 72.1 Å². The molecule has 1 unspecified atom stereocenters. The average Bonchev–Trinajstić information content (AvgIpc) is 3.15. The Morgan fingerprint density at radius 2 is 1.74 bits per heavy atom. The van der Waals surface area contributed by atoms with Crippen LogP contribution in [0.5, 0.6) is 11.6 Å². The second kappa shape index (κ2) is 12.2. The van der Waals surface area contributed by atoms with Crippen molar-refractivity contribution in [2.24, 2.45) is 5.92 Å². The summed E-state index contributed by atoms with van der Waals surface area (Å²) in [6.07, 6.45) is 2.37. The van der Waals surface area contributed by atoms with E-state index < -0.39 is 0 Å². The Hall–Kier alpha value is -3.45. The number of carbonyl (C=O) groups excluding carboxylic acids is 1. The number of phenols is 1. The molecule has 0 aliphatic carbocycles. The van der Waals surface area contributed by atoms with E-state index >= 15 is 0 Å². The molecular formula is C32H38N2O4S. The maximum absolute atomic E-state index is 12.6. The third-order valence-electron chi connectivity index (χ3n) is 6.36. The largest absolute Gasteiger partial charge is 0.508 e. The second-order valence-corrected chi connectivity index (χ2v) is 12.5. The Kier molecular flexibility index (Phi) is 8.90. The van der Waals surface area contributed by atoms with E-state index in [2.05, 4.69) is 54.6 Å². The zero-order chi connectivity index (χ0) is 28.2. The van der Waals surface area contributed by atoms with E-state index in [0.29, 0.717) is 32.1 Å². The summed E-state index contributed by atoms with van der Waals surface area (Å²) in [6, 6.07) is 17.9. The van der Waals surface area contributed by atoms with E-state index in [1.54, 1.807) is 17.8 Å². The molecule has 0 saturated carbocycles. The van der Waals surface area contributed by atoms with Crippen LogP contribution in [0.4, 0.5) is 0 Å². The molecule has 0 aliphatic rings. The molecule has 2 aromatic carbocycles. The molecule has 1 atom stereocenters. The van der Waals surface area contributed by atoms with Crippen LogP contribution in [0.1, 0.15) is 52.8 Å². The normalized spacial score (nSPS) is 12.5. The lowest BCUT2D eigenvalue weighted by atomic mass is 10.0. The van der Waals surface area contributed by atoms with Gasteiger partial charge in [-0.25, -0.2) is 4.98 Å². The topological polar surface area (TPSA) is 73.6 Å². The fraction of sp³-hybridized carbons (Fsp3) is 0.375. The number of rotatable bonds is 10. The van der Waals surface area contributed by atoms with Crippen LogP contribution in [0.2, 0.25) is 0 Å². The third-order valence-corrected chi connectivity index (χ3v) is 7.63. The standard InChI is InChI=1S/C32H38N2O4S/c1-7-37-29-16-13-24(19-33-29)23-11-9-22(10-12-23)20-34-27-15-14-25(35)18-26(27)30(39-32(4,5)6)28(34)17-21(3)31(36)38-8-2/h9-16,18-19,21,35H,7-8,17,20H2,1-6H3. The van der Waals surface area contributed by atoms with Crippen molar-refractivity contribution >= 4 is 28.6 Å². The zero-order valence-corrected chi connectivity index (χ0v) is 24.5. The molecule has 0 spiro atoms. The van der Waals surface area contributed by atoms with Crippen LogP contribution in [0.3, 0.4) is 0 Å². The van der Waals surface area contributed by atoms with Crippen molar-refractivity contribution < 1.29 is 19.4 Å². The number of esters is 1. The van der Waals surface area contributed by atoms with Crippen molar-refractivity contribution in [3.63, 3.8) is 0 Å². The van der Waals surface area contributed by atoms with E-state index in [4.69, 9.17) is 9.47 Å². The van der Waals surface area contributed by atoms with E-state index in [0.717, 1.165) is 38.2 Å². The summed E-state index contributed by atoms with van der Waals surface area (Å²) in [7, 11) is 0. The lowest BCUT2D eigenvalue weighted by Crippen LogP contribution is -2.19. The van der Waals surface area contributed by atoms with Crippen molar-refractivity contribution in [3.8, 4) is 22.8 Å². The van der Waals surface area contributed by atoms with Gasteiger partial charge in [0.25, 0.3) is 0 Å². The highest BCUT2D eigenvalue weighted by Gasteiger charge is 2.26. The number of ether oxygens (including phenoxy) is 2. The quantitative estimate of drug-likeness (QED) is 0.164. The molecular weight excluding hydrogens is 508 g/mol. The van der Waals surface area contributed by atoms with E-state index in [1.807, 2.05) is 51.2 Å². The van der Waals surface area contributed by atoms with Crippen LogP contribution in [0.25, 0.3) is 22.0 Å². The van der Waals surface area contributed by atoms with Gasteiger partial charge in [-0.2, -0.15) is 0 Å². The number of carbonyl (C=O) groups is 1. The maximum Gasteiger partial charge on any atom is 0.309 e. The molecule has 6 nitrogen and oxygen atoms in total. The second-order valence-electron chi connectivity index (χ2n) is 10.7. The summed E-state index contributed by atoms with van der Waals surface area (Å²) in [5, 5.41) is 11.4. The molecule has 2 heterocycles. The van der Waals surface area contributed by atoms with Gasteiger partial charge in [0.1, 0.15) is 5.75 Å². The van der Waals surface area contributed by atoms with Gasteiger partial charge in [0, 0.05) is 57.0 Å². The van der Waals surface area contributed by atoms with Gasteiger partial charge in [-0.05, 0) is 49.2 Å². The van der Waals surface area contributed by atoms with E-state index in [9.17, 15) is 9.90 Å². The molecule has 0 amide bonds. The van der Waals surface area contributed by atoms with Crippen molar-refractivity contribution in [1.29, 1.82) is 0 Å². The predicted molar refractivity (Wildman–Crippen MR) is 159 cm³/mol. The molecule has 2 aromatic heterocycles. The van der Waals surface area contributed by atoms with E-state index in [-0.39, 0.29) is 22.4 Å². The Bertz CT molecular complexity index is 1420. The van der Waals surface area contributed by atoms with Gasteiger partial charge in [0.2, 0.25) is 5.88 Å². The zero-order valence-electron chi connectivity index (χ0n) is 23.7. The molecule has 0 radical (unpaired) electrons. The van der Waals surface area contributed by atoms with Gasteiger partial charge >= 0.3 is 5.97 Å². The highest BCUT2D eigenvalue weighted by molar-refractivity contribution is 8.00. The van der Waals surface area contributed by atoms with Gasteiger partial charge in [0.05, 0.1) is 19.1 Å². The van der Waals surface area contributed by atoms with E-state index in [1.165, 1.54) is 0 Å². The van der Waals surface area contributed by atoms with Crippen LogP contribution in [-0.2, 0) is 22.5 Å². The fourth-order valence-electron chi connectivity index (χ4n) is 4.60. The lowest BCUT2D eigenvalue weighted by Gasteiger charge is -2.21. The number of aromatic hydroxyl groups is 1. The number of benzene rings is 2. The summed E-state index contributed by atoms with van der Waals surface area (Å²) >= 11 is 1.77. The van der Waals surface area contributed by atoms with Crippen LogP contribution in [0, 0.1) is 5.92 Å². The first kappa shape index (κ1) is 28.6. The van der Waals surface area contributed by atoms with Gasteiger partial charge in [-0.1, -0.05) is 52.0 Å². The predicted octanol–water partition coefficient (Wildman–Crippen LogP) is 7.49. The highest BCUT2D eigenvalue weighted by atomic mass is 32.2. The molecule has 0 saturated heterocycles. The Balaban J connectivity index is 1.73. The minimum atomic E-state index is -0.296. The number of thioether (sulfide) groups is 1. The number of pyridine rings is 1. The first-order valence-electron chi connectivity index (χ1n) is 13.5. The molecule has 4 rings (SSSR count). The van der Waals surface area contributed by atoms with Gasteiger partial charge in [-0.3, -0.25) is 4.79 Å². The molecule has 206 valence electrons. The van der Waals surface area contributed by atoms with Crippen LogP contribution in [0.15, 0.2) is 65.7 Å². The summed E-state index contributed by atoms with van der Waals surface area (Å²) in [6.45, 7) is 13.8. The monoisotopic (exact) mass is 546 g/mol. The van der Waals surface area contributed by atoms with Crippen molar-refractivity contribution in [2.75, 3.05) is 13.2 Å². The number of nitrogens with zero attached hydrogens (tertiary/aromatic N) is 2. The molecule has 7 heteroatoms. The van der Waals surface area contributed by atoms with Crippen molar-refractivity contribution in [1.82, 2.24) is 9.55 Å². The summed E-state index contributed by atoms with van der Waals surface area (Å²) < 4.78 is 13.0.